The highest BCUT2D eigenvalue weighted by atomic mass is 28.1. The van der Waals surface area contributed by atoms with E-state index in [9.17, 15) is 0 Å². The van der Waals surface area contributed by atoms with Gasteiger partial charge in [-0.1, -0.05) is 0 Å². The van der Waals surface area contributed by atoms with Crippen molar-refractivity contribution in [1.29, 1.82) is 0 Å². The van der Waals surface area contributed by atoms with Gasteiger partial charge >= 0.3 is 0 Å². The molecule has 1 aliphatic heterocycles. The van der Waals surface area contributed by atoms with Crippen molar-refractivity contribution in [1.82, 2.24) is 0 Å². The van der Waals surface area contributed by atoms with Gasteiger partial charge in [0, 0.05) is 19.8 Å². The first-order valence-electron chi connectivity index (χ1n) is 7.69. The van der Waals surface area contributed by atoms with Gasteiger partial charge in [0.05, 0.1) is 22.5 Å². The first-order valence-corrected chi connectivity index (χ1v) is 8.69. The van der Waals surface area contributed by atoms with Crippen molar-refractivity contribution in [2.75, 3.05) is 19.8 Å². The van der Waals surface area contributed by atoms with Crippen LogP contribution < -0.4 is 0 Å². The molecule has 4 unspecified atom stereocenters. The molecule has 112 valence electrons. The summed E-state index contributed by atoms with van der Waals surface area (Å²) in [5, 5.41) is 0. The summed E-state index contributed by atoms with van der Waals surface area (Å²) in [5.74, 6) is 0.499. The maximum atomic E-state index is 6.05. The zero-order valence-electron chi connectivity index (χ0n) is 12.7. The van der Waals surface area contributed by atoms with Crippen LogP contribution in [0.3, 0.4) is 0 Å². The quantitative estimate of drug-likeness (QED) is 0.380. The molecule has 0 radical (unpaired) electrons. The van der Waals surface area contributed by atoms with Crippen LogP contribution in [0.15, 0.2) is 0 Å². The van der Waals surface area contributed by atoms with Gasteiger partial charge in [-0.25, -0.2) is 0 Å². The second-order valence-corrected chi connectivity index (χ2v) is 6.94. The highest BCUT2D eigenvalue weighted by Crippen LogP contribution is 2.43. The van der Waals surface area contributed by atoms with Crippen molar-refractivity contribution in [3.05, 3.63) is 0 Å². The predicted molar refractivity (Wildman–Crippen MR) is 77.3 cm³/mol. The third-order valence-electron chi connectivity index (χ3n) is 4.20. The first-order chi connectivity index (χ1) is 9.14. The summed E-state index contributed by atoms with van der Waals surface area (Å²) >= 11 is 0. The van der Waals surface area contributed by atoms with E-state index in [1.165, 1.54) is 0 Å². The zero-order chi connectivity index (χ0) is 13.9. The number of epoxide rings is 1. The van der Waals surface area contributed by atoms with Gasteiger partial charge in [-0.05, 0) is 46.0 Å². The molecule has 0 spiro atoms. The van der Waals surface area contributed by atoms with Gasteiger partial charge in [-0.2, -0.15) is 0 Å². The van der Waals surface area contributed by atoms with Crippen molar-refractivity contribution in [2.24, 2.45) is 5.92 Å². The fourth-order valence-electron chi connectivity index (χ4n) is 3.38. The van der Waals surface area contributed by atoms with Crippen LogP contribution in [-0.2, 0) is 18.9 Å². The van der Waals surface area contributed by atoms with Gasteiger partial charge in [-0.15, -0.1) is 0 Å². The van der Waals surface area contributed by atoms with Crippen LogP contribution in [-0.4, -0.2) is 53.8 Å². The summed E-state index contributed by atoms with van der Waals surface area (Å²) in [4.78, 5) is 0. The molecule has 2 fully saturated rings. The molecular formula is C14H28O4Si. The van der Waals surface area contributed by atoms with Crippen molar-refractivity contribution < 1.29 is 18.9 Å². The fourth-order valence-corrected chi connectivity index (χ4v) is 4.60. The van der Waals surface area contributed by atoms with E-state index in [2.05, 4.69) is 0 Å². The molecule has 4 nitrogen and oxygen atoms in total. The maximum absolute atomic E-state index is 6.05. The molecular weight excluding hydrogens is 260 g/mol. The molecule has 0 amide bonds. The Balaban J connectivity index is 2.06. The Morgan fingerprint density at radius 2 is 1.79 bits per heavy atom. The molecule has 5 heteroatoms. The van der Waals surface area contributed by atoms with E-state index in [-0.39, 0.29) is 6.10 Å². The highest BCUT2D eigenvalue weighted by molar-refractivity contribution is 6.14. The molecule has 2 rings (SSSR count). The van der Waals surface area contributed by atoms with Crippen molar-refractivity contribution >= 4 is 10.2 Å². The van der Waals surface area contributed by atoms with Crippen LogP contribution in [0.5, 0.6) is 0 Å². The maximum Gasteiger partial charge on any atom is 0.166 e. The number of rotatable bonds is 8. The Morgan fingerprint density at radius 1 is 1.11 bits per heavy atom. The van der Waals surface area contributed by atoms with Crippen molar-refractivity contribution in [3.8, 4) is 0 Å². The standard InChI is InChI=1S/C14H28O4Si/c1-4-15-13(14(19,16-5-2)17-6-3)10-7-8-11-12(9-10)18-11/h10-13H,4-9H2,1-3,19H3. The van der Waals surface area contributed by atoms with Crippen LogP contribution >= 0.6 is 0 Å². The van der Waals surface area contributed by atoms with E-state index in [0.717, 1.165) is 29.5 Å². The molecule has 1 saturated carbocycles. The van der Waals surface area contributed by atoms with E-state index in [1.807, 2.05) is 20.8 Å². The van der Waals surface area contributed by atoms with Crippen LogP contribution in [0.1, 0.15) is 40.0 Å². The summed E-state index contributed by atoms with van der Waals surface area (Å²) in [6, 6.07) is 0. The normalized spacial score (nSPS) is 32.1. The summed E-state index contributed by atoms with van der Waals surface area (Å²) in [5.41, 5.74) is -0.508. The molecule has 0 aromatic carbocycles. The van der Waals surface area contributed by atoms with E-state index in [0.29, 0.717) is 37.9 Å². The molecule has 0 aromatic heterocycles. The smallest absolute Gasteiger partial charge is 0.166 e. The second-order valence-electron chi connectivity index (χ2n) is 5.54. The SMILES string of the molecule is CCOC(C1CCC2OC2C1)C([SiH3])(OCC)OCC. The van der Waals surface area contributed by atoms with E-state index < -0.39 is 5.41 Å². The molecule has 19 heavy (non-hydrogen) atoms. The lowest BCUT2D eigenvalue weighted by atomic mass is 9.84. The lowest BCUT2D eigenvalue weighted by Crippen LogP contribution is -2.53. The van der Waals surface area contributed by atoms with E-state index in [4.69, 9.17) is 18.9 Å². The zero-order valence-corrected chi connectivity index (χ0v) is 14.7. The molecule has 1 heterocycles. The Kier molecular flexibility index (Phi) is 5.43. The third-order valence-corrected chi connectivity index (χ3v) is 5.34. The van der Waals surface area contributed by atoms with Gasteiger partial charge in [0.25, 0.3) is 0 Å². The number of hydrogen-bond acceptors (Lipinski definition) is 4. The Bertz CT molecular complexity index is 281. The summed E-state index contributed by atoms with van der Waals surface area (Å²) in [6.45, 7) is 8.14. The molecule has 0 aromatic rings. The van der Waals surface area contributed by atoms with Gasteiger partial charge < -0.3 is 18.9 Å². The Labute approximate surface area is 119 Å². The predicted octanol–water partition coefficient (Wildman–Crippen LogP) is 1.05. The fraction of sp³-hybridized carbons (Fsp3) is 1.00. The van der Waals surface area contributed by atoms with Crippen LogP contribution in [0.4, 0.5) is 0 Å². The minimum atomic E-state index is -0.508. The average molecular weight is 288 g/mol. The molecule has 2 aliphatic rings. The Hall–Kier alpha value is 0.0569. The minimum absolute atomic E-state index is 0.0502. The largest absolute Gasteiger partial charge is 0.373 e. The van der Waals surface area contributed by atoms with Gasteiger partial charge in [0.2, 0.25) is 0 Å². The molecule has 1 aliphatic carbocycles. The van der Waals surface area contributed by atoms with Gasteiger partial charge in [0.15, 0.2) is 5.41 Å². The lowest BCUT2D eigenvalue weighted by molar-refractivity contribution is -0.249. The van der Waals surface area contributed by atoms with Gasteiger partial charge in [0.1, 0.15) is 6.10 Å². The number of hydrogen-bond donors (Lipinski definition) is 0. The lowest BCUT2D eigenvalue weighted by Gasteiger charge is -2.41. The van der Waals surface area contributed by atoms with Crippen LogP contribution in [0.25, 0.3) is 0 Å². The third kappa shape index (κ3) is 3.58. The molecule has 0 N–H and O–H groups in total. The topological polar surface area (TPSA) is 40.2 Å². The first kappa shape index (κ1) is 15.4. The minimum Gasteiger partial charge on any atom is -0.373 e. The molecule has 0 bridgehead atoms. The van der Waals surface area contributed by atoms with Crippen LogP contribution in [0.2, 0.25) is 0 Å². The Morgan fingerprint density at radius 3 is 2.32 bits per heavy atom. The van der Waals surface area contributed by atoms with E-state index >= 15 is 0 Å². The van der Waals surface area contributed by atoms with Crippen molar-refractivity contribution in [2.45, 2.75) is 63.8 Å². The average Bonchev–Trinajstić information content (AvgIpc) is 3.14. The van der Waals surface area contributed by atoms with E-state index in [1.54, 1.807) is 0 Å². The summed E-state index contributed by atoms with van der Waals surface area (Å²) < 4.78 is 23.6. The highest BCUT2D eigenvalue weighted by Gasteiger charge is 2.50. The van der Waals surface area contributed by atoms with Crippen molar-refractivity contribution in [3.63, 3.8) is 0 Å². The number of fused-ring (bicyclic) bond motifs is 1. The number of ether oxygens (including phenoxy) is 4. The monoisotopic (exact) mass is 288 g/mol. The summed E-state index contributed by atoms with van der Waals surface area (Å²) in [7, 11) is 0.815. The second kappa shape index (κ2) is 6.67. The molecule has 1 saturated heterocycles. The van der Waals surface area contributed by atoms with Gasteiger partial charge in [-0.3, -0.25) is 0 Å². The van der Waals surface area contributed by atoms with Crippen LogP contribution in [0, 0.1) is 5.92 Å². The molecule has 4 atom stereocenters. The summed E-state index contributed by atoms with van der Waals surface area (Å²) in [6.07, 6.45) is 4.47.